The SMILES string of the molecule is Cc1nc2ccc(Br)cc2c(=O)n1N=Cc1ccc(OCc2ccc(Cl)c(Cl)c2)c([N+](=O)[O-])c1. The lowest BCUT2D eigenvalue weighted by Crippen LogP contribution is -2.20. The molecule has 34 heavy (non-hydrogen) atoms. The maximum Gasteiger partial charge on any atom is 0.311 e. The van der Waals surface area contributed by atoms with Gasteiger partial charge in [0.25, 0.3) is 5.56 Å². The topological polar surface area (TPSA) is 99.6 Å². The van der Waals surface area contributed by atoms with Gasteiger partial charge in [0.2, 0.25) is 0 Å². The Bertz CT molecular complexity index is 1520. The summed E-state index contributed by atoms with van der Waals surface area (Å²) in [4.78, 5) is 28.3. The molecule has 0 aliphatic carbocycles. The summed E-state index contributed by atoms with van der Waals surface area (Å²) in [5.74, 6) is 0.464. The summed E-state index contributed by atoms with van der Waals surface area (Å²) < 4.78 is 7.53. The minimum atomic E-state index is -0.548. The number of ether oxygens (including phenoxy) is 1. The number of fused-ring (bicyclic) bond motifs is 1. The number of rotatable bonds is 6. The Morgan fingerprint density at radius 1 is 1.15 bits per heavy atom. The van der Waals surface area contributed by atoms with Gasteiger partial charge in [0.1, 0.15) is 12.4 Å². The van der Waals surface area contributed by atoms with Crippen molar-refractivity contribution in [2.45, 2.75) is 13.5 Å². The van der Waals surface area contributed by atoms with Crippen LogP contribution in [0.1, 0.15) is 17.0 Å². The first-order valence-electron chi connectivity index (χ1n) is 9.81. The van der Waals surface area contributed by atoms with Gasteiger partial charge in [-0.15, -0.1) is 0 Å². The fourth-order valence-corrected chi connectivity index (χ4v) is 3.87. The number of hydrogen-bond acceptors (Lipinski definition) is 6. The fourth-order valence-electron chi connectivity index (χ4n) is 3.19. The third-order valence-electron chi connectivity index (χ3n) is 4.85. The predicted molar refractivity (Wildman–Crippen MR) is 135 cm³/mol. The Morgan fingerprint density at radius 2 is 1.94 bits per heavy atom. The minimum Gasteiger partial charge on any atom is -0.482 e. The zero-order valence-electron chi connectivity index (χ0n) is 17.5. The van der Waals surface area contributed by atoms with Crippen LogP contribution in [0.25, 0.3) is 10.9 Å². The minimum absolute atomic E-state index is 0.0675. The van der Waals surface area contributed by atoms with E-state index in [1.54, 1.807) is 49.4 Å². The van der Waals surface area contributed by atoms with E-state index in [-0.39, 0.29) is 23.6 Å². The Balaban J connectivity index is 1.62. The molecule has 0 N–H and O–H groups in total. The standard InChI is InChI=1S/C23H15BrCl2N4O4/c1-13-28-20-6-4-16(24)10-17(20)23(31)29(13)27-11-14-3-7-22(21(9-14)30(32)33)34-12-15-2-5-18(25)19(26)8-15/h2-11H,12H2,1H3. The average molecular weight is 562 g/mol. The van der Waals surface area contributed by atoms with E-state index in [0.717, 1.165) is 9.15 Å². The number of aromatic nitrogens is 2. The normalized spacial score (nSPS) is 11.3. The molecule has 0 aliphatic heterocycles. The lowest BCUT2D eigenvalue weighted by atomic mass is 10.2. The highest BCUT2D eigenvalue weighted by Gasteiger charge is 2.16. The molecule has 0 atom stereocenters. The lowest BCUT2D eigenvalue weighted by Gasteiger charge is -2.08. The van der Waals surface area contributed by atoms with Crippen molar-refractivity contribution in [1.82, 2.24) is 9.66 Å². The quantitative estimate of drug-likeness (QED) is 0.160. The number of aryl methyl sites for hydroxylation is 1. The summed E-state index contributed by atoms with van der Waals surface area (Å²) in [5.41, 5.74) is 1.08. The maximum absolute atomic E-state index is 12.9. The van der Waals surface area contributed by atoms with E-state index in [9.17, 15) is 14.9 Å². The summed E-state index contributed by atoms with van der Waals surface area (Å²) in [6.07, 6.45) is 1.36. The summed E-state index contributed by atoms with van der Waals surface area (Å²) >= 11 is 15.3. The molecule has 0 radical (unpaired) electrons. The maximum atomic E-state index is 12.9. The van der Waals surface area contributed by atoms with Crippen molar-refractivity contribution in [2.24, 2.45) is 5.10 Å². The van der Waals surface area contributed by atoms with Crippen LogP contribution >= 0.6 is 39.1 Å². The number of nitro benzene ring substituents is 1. The van der Waals surface area contributed by atoms with Crippen LogP contribution in [-0.4, -0.2) is 20.8 Å². The molecule has 1 heterocycles. The molecular formula is C23H15BrCl2N4O4. The Hall–Kier alpha value is -3.27. The van der Waals surface area contributed by atoms with Gasteiger partial charge in [0.15, 0.2) is 5.75 Å². The number of benzene rings is 3. The highest BCUT2D eigenvalue weighted by Crippen LogP contribution is 2.29. The molecule has 0 saturated heterocycles. The second-order valence-corrected chi connectivity index (χ2v) is 8.93. The number of nitrogens with zero attached hydrogens (tertiary/aromatic N) is 4. The Kier molecular flexibility index (Phi) is 6.97. The van der Waals surface area contributed by atoms with Gasteiger partial charge in [-0.25, -0.2) is 4.98 Å². The number of halogens is 3. The molecule has 172 valence electrons. The van der Waals surface area contributed by atoms with Crippen LogP contribution in [0.2, 0.25) is 10.0 Å². The molecular weight excluding hydrogens is 547 g/mol. The van der Waals surface area contributed by atoms with Crippen LogP contribution in [-0.2, 0) is 6.61 Å². The molecule has 4 aromatic rings. The van der Waals surface area contributed by atoms with Crippen molar-refractivity contribution < 1.29 is 9.66 Å². The first-order valence-corrected chi connectivity index (χ1v) is 11.4. The molecule has 0 amide bonds. The first kappa shape index (κ1) is 23.9. The summed E-state index contributed by atoms with van der Waals surface area (Å²) in [6.45, 7) is 1.72. The van der Waals surface area contributed by atoms with Crippen molar-refractivity contribution >= 4 is 61.9 Å². The van der Waals surface area contributed by atoms with Crippen molar-refractivity contribution in [3.05, 3.63) is 107 Å². The average Bonchev–Trinajstić information content (AvgIpc) is 2.80. The molecule has 0 saturated carbocycles. The van der Waals surface area contributed by atoms with Crippen molar-refractivity contribution in [3.8, 4) is 5.75 Å². The zero-order chi connectivity index (χ0) is 24.4. The molecule has 3 aromatic carbocycles. The predicted octanol–water partition coefficient (Wildman–Crippen LogP) is 6.14. The molecule has 11 heteroatoms. The van der Waals surface area contributed by atoms with Gasteiger partial charge in [-0.3, -0.25) is 14.9 Å². The van der Waals surface area contributed by atoms with Gasteiger partial charge >= 0.3 is 5.69 Å². The molecule has 4 rings (SSSR count). The smallest absolute Gasteiger partial charge is 0.311 e. The largest absolute Gasteiger partial charge is 0.482 e. The second-order valence-electron chi connectivity index (χ2n) is 7.20. The molecule has 0 aliphatic rings. The molecule has 1 aromatic heterocycles. The van der Waals surface area contributed by atoms with Crippen LogP contribution in [0.4, 0.5) is 5.69 Å². The monoisotopic (exact) mass is 560 g/mol. The highest BCUT2D eigenvalue weighted by molar-refractivity contribution is 9.10. The van der Waals surface area contributed by atoms with Crippen molar-refractivity contribution in [1.29, 1.82) is 0 Å². The molecule has 0 spiro atoms. The Labute approximate surface area is 211 Å². The van der Waals surface area contributed by atoms with E-state index in [1.165, 1.54) is 18.3 Å². The first-order chi connectivity index (χ1) is 16.2. The van der Waals surface area contributed by atoms with Crippen molar-refractivity contribution in [3.63, 3.8) is 0 Å². The van der Waals surface area contributed by atoms with Crippen LogP contribution in [0.5, 0.6) is 5.75 Å². The van der Waals surface area contributed by atoms with Crippen LogP contribution < -0.4 is 10.3 Å². The van der Waals surface area contributed by atoms with Gasteiger partial charge in [0, 0.05) is 16.1 Å². The van der Waals surface area contributed by atoms with E-state index >= 15 is 0 Å². The third-order valence-corrected chi connectivity index (χ3v) is 6.08. The molecule has 0 fully saturated rings. The van der Waals surface area contributed by atoms with Gasteiger partial charge in [0.05, 0.1) is 32.1 Å². The van der Waals surface area contributed by atoms with E-state index in [0.29, 0.717) is 37.9 Å². The van der Waals surface area contributed by atoms with E-state index in [2.05, 4.69) is 26.0 Å². The summed E-state index contributed by atoms with van der Waals surface area (Å²) in [6, 6.07) is 14.6. The lowest BCUT2D eigenvalue weighted by molar-refractivity contribution is -0.385. The number of hydrogen-bond donors (Lipinski definition) is 0. The van der Waals surface area contributed by atoms with Crippen LogP contribution in [0.15, 0.2) is 69.0 Å². The summed E-state index contributed by atoms with van der Waals surface area (Å²) in [5, 5.41) is 17.0. The van der Waals surface area contributed by atoms with Gasteiger partial charge < -0.3 is 4.74 Å². The van der Waals surface area contributed by atoms with E-state index < -0.39 is 4.92 Å². The van der Waals surface area contributed by atoms with Crippen molar-refractivity contribution in [2.75, 3.05) is 0 Å². The number of nitro groups is 1. The van der Waals surface area contributed by atoms with Crippen LogP contribution in [0, 0.1) is 17.0 Å². The highest BCUT2D eigenvalue weighted by atomic mass is 79.9. The molecule has 0 unspecified atom stereocenters. The molecule has 8 nitrogen and oxygen atoms in total. The second kappa shape index (κ2) is 9.92. The van der Waals surface area contributed by atoms with E-state index in [4.69, 9.17) is 27.9 Å². The molecule has 0 bridgehead atoms. The zero-order valence-corrected chi connectivity index (χ0v) is 20.6. The van der Waals surface area contributed by atoms with E-state index in [1.807, 2.05) is 0 Å². The van der Waals surface area contributed by atoms with Crippen LogP contribution in [0.3, 0.4) is 0 Å². The van der Waals surface area contributed by atoms with Gasteiger partial charge in [-0.1, -0.05) is 45.2 Å². The Morgan fingerprint density at radius 3 is 2.68 bits per heavy atom. The summed E-state index contributed by atoms with van der Waals surface area (Å²) in [7, 11) is 0. The third kappa shape index (κ3) is 5.11. The van der Waals surface area contributed by atoms with Gasteiger partial charge in [-0.2, -0.15) is 9.78 Å². The fraction of sp³-hybridized carbons (Fsp3) is 0.0870. The van der Waals surface area contributed by atoms with Gasteiger partial charge in [-0.05, 0) is 55.0 Å².